The van der Waals surface area contributed by atoms with Crippen LogP contribution in [-0.2, 0) is 0 Å². The van der Waals surface area contributed by atoms with Crippen LogP contribution in [0.3, 0.4) is 0 Å². The van der Waals surface area contributed by atoms with Gasteiger partial charge in [0.05, 0.1) is 10.0 Å². The Hall–Kier alpha value is -0.220. The van der Waals surface area contributed by atoms with Gasteiger partial charge in [-0.05, 0) is 31.9 Å². The van der Waals surface area contributed by atoms with Crippen LogP contribution in [-0.4, -0.2) is 42.3 Å². The van der Waals surface area contributed by atoms with E-state index in [1.54, 1.807) is 18.2 Å². The van der Waals surface area contributed by atoms with Crippen molar-refractivity contribution in [1.82, 2.24) is 4.90 Å². The third kappa shape index (κ3) is 4.96. The summed E-state index contributed by atoms with van der Waals surface area (Å²) in [6, 6.07) is 5.69. The largest absolute Gasteiger partial charge is 0.302 e. The first kappa shape index (κ1) is 17.8. The van der Waals surface area contributed by atoms with E-state index in [9.17, 15) is 4.79 Å². The molecule has 1 atom stereocenters. The molecule has 20 heavy (non-hydrogen) atoms. The van der Waals surface area contributed by atoms with E-state index in [1.807, 2.05) is 11.8 Å². The SMILES string of the molecule is CCC(CSC)N(C)CCC(=O)c1cccc(Cl)c1Cl. The fourth-order valence-corrected chi connectivity index (χ4v) is 3.34. The smallest absolute Gasteiger partial charge is 0.165 e. The monoisotopic (exact) mass is 333 g/mol. The van der Waals surface area contributed by atoms with Crippen LogP contribution in [0.15, 0.2) is 18.2 Å². The van der Waals surface area contributed by atoms with Gasteiger partial charge in [-0.1, -0.05) is 36.2 Å². The molecule has 1 rings (SSSR count). The Bertz CT molecular complexity index is 453. The van der Waals surface area contributed by atoms with E-state index < -0.39 is 0 Å². The third-order valence-electron chi connectivity index (χ3n) is 3.40. The predicted octanol–water partition coefficient (Wildman–Crippen LogP) is 4.64. The van der Waals surface area contributed by atoms with Crippen molar-refractivity contribution >= 4 is 40.7 Å². The Morgan fingerprint density at radius 3 is 2.70 bits per heavy atom. The second-order valence-electron chi connectivity index (χ2n) is 4.77. The first-order valence-corrected chi connectivity index (χ1v) is 8.82. The minimum Gasteiger partial charge on any atom is -0.302 e. The van der Waals surface area contributed by atoms with Gasteiger partial charge in [-0.15, -0.1) is 0 Å². The van der Waals surface area contributed by atoms with Crippen LogP contribution >= 0.6 is 35.0 Å². The molecule has 1 aromatic rings. The predicted molar refractivity (Wildman–Crippen MR) is 90.5 cm³/mol. The quantitative estimate of drug-likeness (QED) is 0.646. The standard InChI is InChI=1S/C15H21Cl2NOS/c1-4-11(10-20-3)18(2)9-8-14(19)12-6-5-7-13(16)15(12)17/h5-7,11H,4,8-10H2,1-3H3. The van der Waals surface area contributed by atoms with Gasteiger partial charge in [0, 0.05) is 30.3 Å². The van der Waals surface area contributed by atoms with Crippen LogP contribution < -0.4 is 0 Å². The zero-order valence-corrected chi connectivity index (χ0v) is 14.5. The first-order valence-electron chi connectivity index (χ1n) is 6.67. The zero-order valence-electron chi connectivity index (χ0n) is 12.2. The summed E-state index contributed by atoms with van der Waals surface area (Å²) in [5.41, 5.74) is 0.519. The molecule has 0 bridgehead atoms. The van der Waals surface area contributed by atoms with Gasteiger partial charge in [-0.3, -0.25) is 4.79 Å². The molecule has 0 aliphatic heterocycles. The highest BCUT2D eigenvalue weighted by Crippen LogP contribution is 2.26. The van der Waals surface area contributed by atoms with E-state index in [-0.39, 0.29) is 5.78 Å². The summed E-state index contributed by atoms with van der Waals surface area (Å²) < 4.78 is 0. The van der Waals surface area contributed by atoms with Gasteiger partial charge < -0.3 is 4.90 Å². The van der Waals surface area contributed by atoms with Gasteiger partial charge in [0.2, 0.25) is 0 Å². The van der Waals surface area contributed by atoms with E-state index in [2.05, 4.69) is 25.1 Å². The Labute approximate surface area is 135 Å². The van der Waals surface area contributed by atoms with Crippen molar-refractivity contribution in [3.05, 3.63) is 33.8 Å². The number of Topliss-reactive ketones (excluding diaryl/α,β-unsaturated/α-hetero) is 1. The van der Waals surface area contributed by atoms with Crippen LogP contribution in [0, 0.1) is 0 Å². The Morgan fingerprint density at radius 2 is 2.10 bits per heavy atom. The maximum Gasteiger partial charge on any atom is 0.165 e. The number of rotatable bonds is 8. The average Bonchev–Trinajstić information content (AvgIpc) is 2.44. The number of hydrogen-bond donors (Lipinski definition) is 0. The minimum absolute atomic E-state index is 0.0448. The van der Waals surface area contributed by atoms with Crippen molar-refractivity contribution in [2.24, 2.45) is 0 Å². The van der Waals surface area contributed by atoms with Crippen molar-refractivity contribution in [3.63, 3.8) is 0 Å². The Morgan fingerprint density at radius 1 is 1.40 bits per heavy atom. The highest BCUT2D eigenvalue weighted by Gasteiger charge is 2.16. The van der Waals surface area contributed by atoms with Crippen molar-refractivity contribution in [2.45, 2.75) is 25.8 Å². The third-order valence-corrected chi connectivity index (χ3v) is 4.93. The maximum absolute atomic E-state index is 12.2. The molecular formula is C15H21Cl2NOS. The molecule has 0 aliphatic rings. The molecular weight excluding hydrogens is 313 g/mol. The van der Waals surface area contributed by atoms with Gasteiger partial charge in [-0.25, -0.2) is 0 Å². The summed E-state index contributed by atoms with van der Waals surface area (Å²) in [4.78, 5) is 14.5. The van der Waals surface area contributed by atoms with Gasteiger partial charge in [0.25, 0.3) is 0 Å². The molecule has 1 aromatic carbocycles. The number of benzene rings is 1. The lowest BCUT2D eigenvalue weighted by Gasteiger charge is -2.26. The van der Waals surface area contributed by atoms with Gasteiger partial charge in [0.1, 0.15) is 0 Å². The fraction of sp³-hybridized carbons (Fsp3) is 0.533. The molecule has 0 N–H and O–H groups in total. The van der Waals surface area contributed by atoms with Crippen molar-refractivity contribution in [1.29, 1.82) is 0 Å². The molecule has 0 fully saturated rings. The second-order valence-corrected chi connectivity index (χ2v) is 6.47. The number of nitrogens with zero attached hydrogens (tertiary/aromatic N) is 1. The molecule has 0 radical (unpaired) electrons. The molecule has 0 spiro atoms. The lowest BCUT2D eigenvalue weighted by atomic mass is 10.1. The molecule has 0 saturated carbocycles. The molecule has 0 amide bonds. The van der Waals surface area contributed by atoms with Crippen molar-refractivity contribution in [3.8, 4) is 0 Å². The molecule has 2 nitrogen and oxygen atoms in total. The van der Waals surface area contributed by atoms with Crippen molar-refractivity contribution in [2.75, 3.05) is 25.6 Å². The van der Waals surface area contributed by atoms with Crippen LogP contribution in [0.5, 0.6) is 0 Å². The van der Waals surface area contributed by atoms with Gasteiger partial charge in [-0.2, -0.15) is 11.8 Å². The van der Waals surface area contributed by atoms with Gasteiger partial charge in [0.15, 0.2) is 5.78 Å². The molecule has 0 saturated heterocycles. The number of hydrogen-bond acceptors (Lipinski definition) is 3. The van der Waals surface area contributed by atoms with Crippen LogP contribution in [0.2, 0.25) is 10.0 Å². The second kappa shape index (κ2) is 8.93. The Balaban J connectivity index is 2.61. The van der Waals surface area contributed by atoms with Crippen LogP contribution in [0.1, 0.15) is 30.1 Å². The van der Waals surface area contributed by atoms with Gasteiger partial charge >= 0.3 is 0 Å². The van der Waals surface area contributed by atoms with Crippen LogP contribution in [0.25, 0.3) is 0 Å². The summed E-state index contributed by atoms with van der Waals surface area (Å²) in [5.74, 6) is 1.13. The zero-order chi connectivity index (χ0) is 15.1. The summed E-state index contributed by atoms with van der Waals surface area (Å²) in [6.07, 6.45) is 3.65. The lowest BCUT2D eigenvalue weighted by molar-refractivity contribution is 0.0962. The number of halogens is 2. The minimum atomic E-state index is 0.0448. The maximum atomic E-state index is 12.2. The lowest BCUT2D eigenvalue weighted by Crippen LogP contribution is -2.34. The van der Waals surface area contributed by atoms with E-state index >= 15 is 0 Å². The number of carbonyl (C=O) groups excluding carboxylic acids is 1. The number of ketones is 1. The van der Waals surface area contributed by atoms with E-state index in [0.717, 1.165) is 18.7 Å². The van der Waals surface area contributed by atoms with E-state index in [4.69, 9.17) is 23.2 Å². The number of carbonyl (C=O) groups is 1. The highest BCUT2D eigenvalue weighted by molar-refractivity contribution is 7.98. The highest BCUT2D eigenvalue weighted by atomic mass is 35.5. The topological polar surface area (TPSA) is 20.3 Å². The summed E-state index contributed by atoms with van der Waals surface area (Å²) in [7, 11) is 2.07. The molecule has 112 valence electrons. The molecule has 5 heteroatoms. The molecule has 1 unspecified atom stereocenters. The normalized spacial score (nSPS) is 12.7. The molecule has 0 aliphatic carbocycles. The van der Waals surface area contributed by atoms with E-state index in [0.29, 0.717) is 28.1 Å². The number of thioether (sulfide) groups is 1. The molecule has 0 heterocycles. The first-order chi connectivity index (χ1) is 9.51. The van der Waals surface area contributed by atoms with Crippen LogP contribution in [0.4, 0.5) is 0 Å². The Kier molecular flexibility index (Phi) is 7.96. The van der Waals surface area contributed by atoms with E-state index in [1.165, 1.54) is 0 Å². The van der Waals surface area contributed by atoms with Crippen molar-refractivity contribution < 1.29 is 4.79 Å². The average molecular weight is 334 g/mol. The summed E-state index contributed by atoms with van der Waals surface area (Å²) in [5, 5.41) is 0.790. The molecule has 0 aromatic heterocycles. The summed E-state index contributed by atoms with van der Waals surface area (Å²) >= 11 is 13.8. The summed E-state index contributed by atoms with van der Waals surface area (Å²) in [6.45, 7) is 2.91. The fourth-order valence-electron chi connectivity index (χ4n) is 2.06.